The van der Waals surface area contributed by atoms with Crippen LogP contribution in [0.5, 0.6) is 5.75 Å². The quantitative estimate of drug-likeness (QED) is 0.332. The van der Waals surface area contributed by atoms with E-state index >= 15 is 0 Å². The number of aromatic amines is 1. The predicted octanol–water partition coefficient (Wildman–Crippen LogP) is 3.57. The standard InChI is InChI=1S/C27H32N4O3S/c1-19(12-13-20-8-4-3-5-9-20)28-25(32)18-35-27-29-23-14-15-31(17-22(23)26(33)30-27)16-21-10-6-7-11-24(21)34-2/h3-11,19H,12-18H2,1-2H3,(H,28,32)(H,29,30,33). The van der Waals surface area contributed by atoms with Gasteiger partial charge in [-0.2, -0.15) is 0 Å². The van der Waals surface area contributed by atoms with E-state index in [4.69, 9.17) is 4.74 Å². The molecule has 35 heavy (non-hydrogen) atoms. The highest BCUT2D eigenvalue weighted by Gasteiger charge is 2.22. The maximum atomic E-state index is 12.8. The maximum absolute atomic E-state index is 12.8. The van der Waals surface area contributed by atoms with Crippen LogP contribution in [0, 0.1) is 0 Å². The number of H-pyrrole nitrogens is 1. The molecule has 3 aromatic rings. The molecule has 184 valence electrons. The molecule has 2 N–H and O–H groups in total. The van der Waals surface area contributed by atoms with Crippen molar-refractivity contribution in [1.82, 2.24) is 20.2 Å². The summed E-state index contributed by atoms with van der Waals surface area (Å²) < 4.78 is 5.46. The number of benzene rings is 2. The molecule has 1 atom stereocenters. The Balaban J connectivity index is 1.28. The minimum absolute atomic E-state index is 0.0566. The van der Waals surface area contributed by atoms with E-state index in [9.17, 15) is 9.59 Å². The van der Waals surface area contributed by atoms with Crippen molar-refractivity contribution in [3.8, 4) is 5.75 Å². The molecule has 0 bridgehead atoms. The highest BCUT2D eigenvalue weighted by Crippen LogP contribution is 2.23. The van der Waals surface area contributed by atoms with E-state index < -0.39 is 0 Å². The Morgan fingerprint density at radius 2 is 1.97 bits per heavy atom. The monoisotopic (exact) mass is 492 g/mol. The molecule has 0 radical (unpaired) electrons. The Hall–Kier alpha value is -3.10. The van der Waals surface area contributed by atoms with Crippen molar-refractivity contribution < 1.29 is 9.53 Å². The zero-order valence-electron chi connectivity index (χ0n) is 20.3. The molecule has 0 saturated heterocycles. The number of nitrogens with zero attached hydrogens (tertiary/aromatic N) is 2. The van der Waals surface area contributed by atoms with Crippen LogP contribution in [-0.2, 0) is 30.7 Å². The first-order valence-electron chi connectivity index (χ1n) is 11.9. The molecule has 1 unspecified atom stereocenters. The van der Waals surface area contributed by atoms with Crippen LogP contribution in [0.2, 0.25) is 0 Å². The van der Waals surface area contributed by atoms with Gasteiger partial charge in [-0.3, -0.25) is 14.5 Å². The summed E-state index contributed by atoms with van der Waals surface area (Å²) in [4.78, 5) is 34.9. The Morgan fingerprint density at radius 3 is 2.77 bits per heavy atom. The summed E-state index contributed by atoms with van der Waals surface area (Å²) in [6.07, 6.45) is 2.49. The fraction of sp³-hybridized carbons (Fsp3) is 0.370. The zero-order chi connectivity index (χ0) is 24.6. The van der Waals surface area contributed by atoms with E-state index in [1.54, 1.807) is 7.11 Å². The first kappa shape index (κ1) is 25.0. The number of methoxy groups -OCH3 is 1. The lowest BCUT2D eigenvalue weighted by atomic mass is 10.1. The molecule has 1 aliphatic heterocycles. The zero-order valence-corrected chi connectivity index (χ0v) is 21.1. The number of nitrogens with one attached hydrogen (secondary N) is 2. The number of hydrogen-bond donors (Lipinski definition) is 2. The molecular weight excluding hydrogens is 460 g/mol. The lowest BCUT2D eigenvalue weighted by Gasteiger charge is -2.28. The van der Waals surface area contributed by atoms with Gasteiger partial charge in [-0.25, -0.2) is 4.98 Å². The minimum atomic E-state index is -0.126. The van der Waals surface area contributed by atoms with Crippen LogP contribution in [0.4, 0.5) is 0 Å². The predicted molar refractivity (Wildman–Crippen MR) is 139 cm³/mol. The van der Waals surface area contributed by atoms with Gasteiger partial charge in [-0.15, -0.1) is 0 Å². The summed E-state index contributed by atoms with van der Waals surface area (Å²) in [7, 11) is 1.67. The average molecular weight is 493 g/mol. The van der Waals surface area contributed by atoms with E-state index in [2.05, 4.69) is 32.3 Å². The summed E-state index contributed by atoms with van der Waals surface area (Å²) in [5.74, 6) is 1.01. The number of ether oxygens (including phenoxy) is 1. The molecule has 7 nitrogen and oxygen atoms in total. The van der Waals surface area contributed by atoms with Gasteiger partial charge in [0.05, 0.1) is 24.1 Å². The van der Waals surface area contributed by atoms with Crippen LogP contribution in [0.1, 0.15) is 35.7 Å². The SMILES string of the molecule is COc1ccccc1CN1CCc2nc(SCC(=O)NC(C)CCc3ccccc3)[nH]c(=O)c2C1. The molecule has 8 heteroatoms. The number of para-hydroxylation sites is 1. The van der Waals surface area contributed by atoms with Gasteiger partial charge in [0.25, 0.3) is 5.56 Å². The van der Waals surface area contributed by atoms with E-state index in [1.165, 1.54) is 17.3 Å². The molecule has 4 rings (SSSR count). The van der Waals surface area contributed by atoms with E-state index in [0.29, 0.717) is 30.2 Å². The fourth-order valence-electron chi connectivity index (χ4n) is 4.29. The van der Waals surface area contributed by atoms with Gasteiger partial charge >= 0.3 is 0 Å². The number of carbonyl (C=O) groups is 1. The van der Waals surface area contributed by atoms with Crippen LogP contribution >= 0.6 is 11.8 Å². The van der Waals surface area contributed by atoms with E-state index in [0.717, 1.165) is 36.4 Å². The second kappa shape index (κ2) is 12.0. The topological polar surface area (TPSA) is 87.3 Å². The maximum Gasteiger partial charge on any atom is 0.256 e. The molecule has 1 amide bonds. The molecule has 0 spiro atoms. The summed E-state index contributed by atoms with van der Waals surface area (Å²) in [5.41, 5.74) is 3.76. The van der Waals surface area contributed by atoms with Crippen LogP contribution in [0.25, 0.3) is 0 Å². The number of thioether (sulfide) groups is 1. The first-order chi connectivity index (χ1) is 17.0. The average Bonchev–Trinajstić information content (AvgIpc) is 2.87. The van der Waals surface area contributed by atoms with E-state index in [-0.39, 0.29) is 23.3 Å². The van der Waals surface area contributed by atoms with Crippen molar-refractivity contribution in [2.45, 2.75) is 50.5 Å². The van der Waals surface area contributed by atoms with Gasteiger partial charge in [-0.1, -0.05) is 60.3 Å². The van der Waals surface area contributed by atoms with E-state index in [1.807, 2.05) is 49.4 Å². The molecular formula is C27H32N4O3S. The number of aromatic nitrogens is 2. The number of fused-ring (bicyclic) bond motifs is 1. The Kier molecular flexibility index (Phi) is 8.60. The minimum Gasteiger partial charge on any atom is -0.496 e. The van der Waals surface area contributed by atoms with Crippen LogP contribution < -0.4 is 15.6 Å². The largest absolute Gasteiger partial charge is 0.496 e. The van der Waals surface area contributed by atoms with Crippen LogP contribution in [0.15, 0.2) is 64.5 Å². The smallest absolute Gasteiger partial charge is 0.256 e. The molecule has 1 aromatic heterocycles. The van der Waals surface area contributed by atoms with Gasteiger partial charge in [0.2, 0.25) is 5.91 Å². The van der Waals surface area contributed by atoms with Crippen molar-refractivity contribution in [1.29, 1.82) is 0 Å². The molecule has 0 fully saturated rings. The van der Waals surface area contributed by atoms with Crippen LogP contribution in [0.3, 0.4) is 0 Å². The number of rotatable bonds is 10. The highest BCUT2D eigenvalue weighted by molar-refractivity contribution is 7.99. The number of hydrogen-bond acceptors (Lipinski definition) is 6. The molecule has 2 heterocycles. The third-order valence-corrected chi connectivity index (χ3v) is 7.04. The third kappa shape index (κ3) is 6.96. The number of carbonyl (C=O) groups excluding carboxylic acids is 1. The lowest BCUT2D eigenvalue weighted by Crippen LogP contribution is -2.36. The normalized spacial score (nSPS) is 14.2. The van der Waals surface area contributed by atoms with Crippen LogP contribution in [-0.4, -0.2) is 46.2 Å². The number of aryl methyl sites for hydroxylation is 1. The van der Waals surface area contributed by atoms with Crippen molar-refractivity contribution in [3.05, 3.63) is 87.3 Å². The summed E-state index contributed by atoms with van der Waals surface area (Å²) in [6, 6.07) is 18.3. The third-order valence-electron chi connectivity index (χ3n) is 6.17. The van der Waals surface area contributed by atoms with Crippen molar-refractivity contribution >= 4 is 17.7 Å². The summed E-state index contributed by atoms with van der Waals surface area (Å²) in [6.45, 7) is 4.08. The van der Waals surface area contributed by atoms with Gasteiger partial charge in [0.1, 0.15) is 5.75 Å². The molecule has 0 aliphatic carbocycles. The van der Waals surface area contributed by atoms with Crippen molar-refractivity contribution in [2.75, 3.05) is 19.4 Å². The molecule has 0 saturated carbocycles. The highest BCUT2D eigenvalue weighted by atomic mass is 32.2. The van der Waals surface area contributed by atoms with Gasteiger partial charge in [0.15, 0.2) is 5.16 Å². The van der Waals surface area contributed by atoms with Crippen molar-refractivity contribution in [2.24, 2.45) is 0 Å². The molecule has 1 aliphatic rings. The van der Waals surface area contributed by atoms with Gasteiger partial charge < -0.3 is 15.0 Å². The van der Waals surface area contributed by atoms with Crippen molar-refractivity contribution in [3.63, 3.8) is 0 Å². The summed E-state index contributed by atoms with van der Waals surface area (Å²) >= 11 is 1.27. The Labute approximate surface area is 210 Å². The lowest BCUT2D eigenvalue weighted by molar-refractivity contribution is -0.119. The second-order valence-corrected chi connectivity index (χ2v) is 9.81. The Bertz CT molecular complexity index is 1200. The second-order valence-electron chi connectivity index (χ2n) is 8.85. The number of amides is 1. The van der Waals surface area contributed by atoms with Gasteiger partial charge in [-0.05, 0) is 31.4 Å². The fourth-order valence-corrected chi connectivity index (χ4v) is 4.98. The summed E-state index contributed by atoms with van der Waals surface area (Å²) in [5, 5.41) is 3.54. The van der Waals surface area contributed by atoms with Gasteiger partial charge in [0, 0.05) is 37.7 Å². The molecule has 2 aromatic carbocycles. The first-order valence-corrected chi connectivity index (χ1v) is 12.9. The Morgan fingerprint density at radius 1 is 1.20 bits per heavy atom.